The van der Waals surface area contributed by atoms with Crippen LogP contribution >= 0.6 is 0 Å². The van der Waals surface area contributed by atoms with E-state index in [0.29, 0.717) is 13.2 Å². The molecule has 17 heavy (non-hydrogen) atoms. The molecule has 0 spiro atoms. The summed E-state index contributed by atoms with van der Waals surface area (Å²) in [6.07, 6.45) is 5.98. The molecule has 5 nitrogen and oxygen atoms in total. The first kappa shape index (κ1) is 10.8. The van der Waals surface area contributed by atoms with Crippen LogP contribution in [0.1, 0.15) is 25.1 Å². The number of fused-ring (bicyclic) bond motifs is 1. The topological polar surface area (TPSA) is 56.2 Å². The van der Waals surface area contributed by atoms with Gasteiger partial charge in [-0.3, -0.25) is 4.79 Å². The van der Waals surface area contributed by atoms with Crippen LogP contribution in [-0.2, 0) is 22.5 Å². The Bertz CT molecular complexity index is 421. The SMILES string of the molecule is O=C(Nc1cnc2n1CCCC2)[C@H]1CCOC1. The Morgan fingerprint density at radius 2 is 2.47 bits per heavy atom. The van der Waals surface area contributed by atoms with Crippen LogP contribution in [-0.4, -0.2) is 28.7 Å². The minimum Gasteiger partial charge on any atom is -0.381 e. The van der Waals surface area contributed by atoms with Gasteiger partial charge in [-0.25, -0.2) is 4.98 Å². The van der Waals surface area contributed by atoms with Crippen molar-refractivity contribution in [3.8, 4) is 0 Å². The average molecular weight is 235 g/mol. The molecule has 1 fully saturated rings. The zero-order valence-electron chi connectivity index (χ0n) is 9.82. The van der Waals surface area contributed by atoms with Crippen LogP contribution in [0.15, 0.2) is 6.20 Å². The number of imidazole rings is 1. The molecule has 92 valence electrons. The van der Waals surface area contributed by atoms with Gasteiger partial charge < -0.3 is 14.6 Å². The Morgan fingerprint density at radius 3 is 3.29 bits per heavy atom. The van der Waals surface area contributed by atoms with Gasteiger partial charge in [0.15, 0.2) is 0 Å². The highest BCUT2D eigenvalue weighted by atomic mass is 16.5. The van der Waals surface area contributed by atoms with Gasteiger partial charge in [-0.1, -0.05) is 0 Å². The predicted octanol–water partition coefficient (Wildman–Crippen LogP) is 1.19. The molecule has 0 bridgehead atoms. The number of aryl methyl sites for hydroxylation is 1. The van der Waals surface area contributed by atoms with Gasteiger partial charge in [-0.05, 0) is 19.3 Å². The second-order valence-corrected chi connectivity index (χ2v) is 4.72. The van der Waals surface area contributed by atoms with Crippen molar-refractivity contribution in [3.63, 3.8) is 0 Å². The van der Waals surface area contributed by atoms with E-state index < -0.39 is 0 Å². The normalized spacial score (nSPS) is 23.4. The van der Waals surface area contributed by atoms with Crippen LogP contribution in [0.25, 0.3) is 0 Å². The van der Waals surface area contributed by atoms with E-state index in [9.17, 15) is 4.79 Å². The smallest absolute Gasteiger partial charge is 0.231 e. The lowest BCUT2D eigenvalue weighted by Crippen LogP contribution is -2.25. The number of rotatable bonds is 2. The van der Waals surface area contributed by atoms with Gasteiger partial charge in [0, 0.05) is 19.6 Å². The molecule has 3 rings (SSSR count). The molecule has 0 saturated carbocycles. The summed E-state index contributed by atoms with van der Waals surface area (Å²) in [4.78, 5) is 16.3. The monoisotopic (exact) mass is 235 g/mol. The van der Waals surface area contributed by atoms with Gasteiger partial charge in [0.25, 0.3) is 0 Å². The summed E-state index contributed by atoms with van der Waals surface area (Å²) in [7, 11) is 0. The molecule has 3 heterocycles. The van der Waals surface area contributed by atoms with Crippen molar-refractivity contribution in [1.29, 1.82) is 0 Å². The molecule has 1 saturated heterocycles. The number of amides is 1. The minimum absolute atomic E-state index is 0.00439. The zero-order chi connectivity index (χ0) is 11.7. The van der Waals surface area contributed by atoms with Gasteiger partial charge in [0.05, 0.1) is 18.7 Å². The summed E-state index contributed by atoms with van der Waals surface area (Å²) in [5, 5.41) is 2.97. The standard InChI is InChI=1S/C12H17N3O2/c16-12(9-4-6-17-8-9)14-11-7-13-10-3-1-2-5-15(10)11/h7,9H,1-6,8H2,(H,14,16)/t9-/m0/s1. The number of hydrogen-bond donors (Lipinski definition) is 1. The van der Waals surface area contributed by atoms with Gasteiger partial charge >= 0.3 is 0 Å². The molecule has 2 aliphatic rings. The molecule has 1 atom stereocenters. The largest absolute Gasteiger partial charge is 0.381 e. The maximum absolute atomic E-state index is 12.0. The van der Waals surface area contributed by atoms with Gasteiger partial charge in [-0.2, -0.15) is 0 Å². The lowest BCUT2D eigenvalue weighted by Gasteiger charge is -2.17. The van der Waals surface area contributed by atoms with E-state index in [1.807, 2.05) is 0 Å². The zero-order valence-corrected chi connectivity index (χ0v) is 9.82. The van der Waals surface area contributed by atoms with Gasteiger partial charge in [0.1, 0.15) is 11.6 Å². The quantitative estimate of drug-likeness (QED) is 0.837. The Morgan fingerprint density at radius 1 is 1.53 bits per heavy atom. The first-order chi connectivity index (χ1) is 8.34. The van der Waals surface area contributed by atoms with Crippen molar-refractivity contribution in [1.82, 2.24) is 9.55 Å². The third-order valence-corrected chi connectivity index (χ3v) is 3.52. The molecular weight excluding hydrogens is 218 g/mol. The fraction of sp³-hybridized carbons (Fsp3) is 0.667. The van der Waals surface area contributed by atoms with E-state index >= 15 is 0 Å². The number of nitrogens with zero attached hydrogens (tertiary/aromatic N) is 2. The van der Waals surface area contributed by atoms with Crippen molar-refractivity contribution < 1.29 is 9.53 Å². The molecule has 1 aromatic rings. The molecule has 5 heteroatoms. The maximum atomic E-state index is 12.0. The lowest BCUT2D eigenvalue weighted by molar-refractivity contribution is -0.119. The van der Waals surface area contributed by atoms with Crippen molar-refractivity contribution in [2.45, 2.75) is 32.2 Å². The van der Waals surface area contributed by atoms with Gasteiger partial charge in [-0.15, -0.1) is 0 Å². The van der Waals surface area contributed by atoms with Crippen molar-refractivity contribution in [2.75, 3.05) is 18.5 Å². The van der Waals surface area contributed by atoms with E-state index in [1.165, 1.54) is 12.8 Å². The summed E-state index contributed by atoms with van der Waals surface area (Å²) < 4.78 is 7.35. The van der Waals surface area contributed by atoms with Crippen molar-refractivity contribution >= 4 is 11.7 Å². The van der Waals surface area contributed by atoms with Crippen LogP contribution < -0.4 is 5.32 Å². The molecule has 0 aliphatic carbocycles. The molecule has 1 amide bonds. The van der Waals surface area contributed by atoms with Crippen LogP contribution in [0.5, 0.6) is 0 Å². The third kappa shape index (κ3) is 2.07. The fourth-order valence-electron chi connectivity index (χ4n) is 2.49. The molecule has 1 N–H and O–H groups in total. The number of carbonyl (C=O) groups excluding carboxylic acids is 1. The first-order valence-corrected chi connectivity index (χ1v) is 6.27. The number of aromatic nitrogens is 2. The average Bonchev–Trinajstić information content (AvgIpc) is 2.98. The number of ether oxygens (including phenoxy) is 1. The number of nitrogens with one attached hydrogen (secondary N) is 1. The maximum Gasteiger partial charge on any atom is 0.231 e. The predicted molar refractivity (Wildman–Crippen MR) is 62.7 cm³/mol. The molecule has 0 radical (unpaired) electrons. The van der Waals surface area contributed by atoms with E-state index in [2.05, 4.69) is 14.9 Å². The summed E-state index contributed by atoms with van der Waals surface area (Å²) in [6.45, 7) is 2.21. The second kappa shape index (κ2) is 4.49. The highest BCUT2D eigenvalue weighted by molar-refractivity contribution is 5.92. The Labute approximate surface area is 100 Å². The number of hydrogen-bond acceptors (Lipinski definition) is 3. The Balaban J connectivity index is 1.72. The van der Waals surface area contributed by atoms with Crippen molar-refractivity contribution in [3.05, 3.63) is 12.0 Å². The van der Waals surface area contributed by atoms with Crippen LogP contribution in [0.4, 0.5) is 5.82 Å². The van der Waals surface area contributed by atoms with E-state index in [-0.39, 0.29) is 11.8 Å². The molecule has 0 unspecified atom stereocenters. The Kier molecular flexibility index (Phi) is 2.84. The number of anilines is 1. The summed E-state index contributed by atoms with van der Waals surface area (Å²) in [5.41, 5.74) is 0. The summed E-state index contributed by atoms with van der Waals surface area (Å²) in [6, 6.07) is 0. The fourth-order valence-corrected chi connectivity index (χ4v) is 2.49. The van der Waals surface area contributed by atoms with E-state index in [1.54, 1.807) is 6.20 Å². The van der Waals surface area contributed by atoms with E-state index in [4.69, 9.17) is 4.74 Å². The highest BCUT2D eigenvalue weighted by Crippen LogP contribution is 2.21. The van der Waals surface area contributed by atoms with Crippen molar-refractivity contribution in [2.24, 2.45) is 5.92 Å². The minimum atomic E-state index is 0.00439. The van der Waals surface area contributed by atoms with E-state index in [0.717, 1.165) is 31.0 Å². The first-order valence-electron chi connectivity index (χ1n) is 6.27. The second-order valence-electron chi connectivity index (χ2n) is 4.72. The third-order valence-electron chi connectivity index (χ3n) is 3.52. The summed E-state index contributed by atoms with van der Waals surface area (Å²) in [5.74, 6) is 2.01. The highest BCUT2D eigenvalue weighted by Gasteiger charge is 2.25. The molecule has 1 aromatic heterocycles. The molecule has 2 aliphatic heterocycles. The summed E-state index contributed by atoms with van der Waals surface area (Å²) >= 11 is 0. The molecule has 0 aromatic carbocycles. The Hall–Kier alpha value is -1.36. The van der Waals surface area contributed by atoms with Crippen LogP contribution in [0, 0.1) is 5.92 Å². The molecular formula is C12H17N3O2. The van der Waals surface area contributed by atoms with Crippen LogP contribution in [0.2, 0.25) is 0 Å². The lowest BCUT2D eigenvalue weighted by atomic mass is 10.1. The van der Waals surface area contributed by atoms with Gasteiger partial charge in [0.2, 0.25) is 5.91 Å². The number of carbonyl (C=O) groups is 1. The van der Waals surface area contributed by atoms with Crippen LogP contribution in [0.3, 0.4) is 0 Å².